The monoisotopic (exact) mass is 159 g/mol. The molecule has 1 unspecified atom stereocenters. The maximum Gasteiger partial charge on any atom is 0.326 e. The van der Waals surface area contributed by atoms with Gasteiger partial charge >= 0.3 is 5.97 Å². The second-order valence-corrected chi connectivity index (χ2v) is 2.20. The normalized spacial score (nSPS) is 27.2. The number of carboxylic acid groups (broad SMARTS) is 1. The number of halogens is 1. The fourth-order valence-corrected chi connectivity index (χ4v) is 0.858. The smallest absolute Gasteiger partial charge is 0.326 e. The van der Waals surface area contributed by atoms with Gasteiger partial charge in [0.25, 0.3) is 0 Å². The average Bonchev–Trinajstić information content (AvgIpc) is 2.31. The third kappa shape index (κ3) is 1.36. The molecule has 1 aliphatic rings. The van der Waals surface area contributed by atoms with Crippen LogP contribution in [0.4, 0.5) is 4.39 Å². The number of nitrogens with one attached hydrogen (secondary N) is 1. The Morgan fingerprint density at radius 2 is 2.45 bits per heavy atom. The molecule has 1 atom stereocenters. The van der Waals surface area contributed by atoms with E-state index in [1.807, 2.05) is 0 Å². The summed E-state index contributed by atoms with van der Waals surface area (Å²) >= 11 is 0. The van der Waals surface area contributed by atoms with Crippen molar-refractivity contribution in [1.29, 1.82) is 0 Å². The molecule has 0 spiro atoms. The molecule has 1 aliphatic heterocycles. The van der Waals surface area contributed by atoms with Gasteiger partial charge in [-0.2, -0.15) is 0 Å². The van der Waals surface area contributed by atoms with Gasteiger partial charge in [-0.1, -0.05) is 0 Å². The SMILES string of the molecule is O=C1NC(C(=O)O)C/C1=C\F. The molecule has 0 saturated carbocycles. The number of rotatable bonds is 1. The number of carbonyl (C=O) groups excluding carboxylic acids is 1. The Balaban J connectivity index is 2.72. The molecule has 0 radical (unpaired) electrons. The molecule has 1 saturated heterocycles. The Morgan fingerprint density at radius 3 is 2.73 bits per heavy atom. The average molecular weight is 159 g/mol. The molecule has 1 rings (SSSR count). The summed E-state index contributed by atoms with van der Waals surface area (Å²) in [5.74, 6) is -1.78. The van der Waals surface area contributed by atoms with Crippen molar-refractivity contribution in [2.24, 2.45) is 0 Å². The van der Waals surface area contributed by atoms with E-state index in [9.17, 15) is 14.0 Å². The van der Waals surface area contributed by atoms with Gasteiger partial charge in [0, 0.05) is 12.0 Å². The van der Waals surface area contributed by atoms with Crippen molar-refractivity contribution in [2.75, 3.05) is 0 Å². The number of aliphatic carboxylic acids is 1. The van der Waals surface area contributed by atoms with Crippen LogP contribution in [0.3, 0.4) is 0 Å². The lowest BCUT2D eigenvalue weighted by molar-refractivity contribution is -0.140. The minimum atomic E-state index is -1.14. The third-order valence-corrected chi connectivity index (χ3v) is 1.45. The van der Waals surface area contributed by atoms with E-state index in [0.717, 1.165) is 0 Å². The van der Waals surface area contributed by atoms with Crippen molar-refractivity contribution in [1.82, 2.24) is 5.32 Å². The van der Waals surface area contributed by atoms with E-state index in [0.29, 0.717) is 0 Å². The maximum absolute atomic E-state index is 11.8. The number of carboxylic acids is 1. The molecule has 0 aromatic carbocycles. The lowest BCUT2D eigenvalue weighted by atomic mass is 10.2. The lowest BCUT2D eigenvalue weighted by Gasteiger charge is -1.99. The largest absolute Gasteiger partial charge is 0.480 e. The molecular weight excluding hydrogens is 153 g/mol. The Morgan fingerprint density at radius 1 is 1.82 bits per heavy atom. The fraction of sp³-hybridized carbons (Fsp3) is 0.333. The zero-order valence-electron chi connectivity index (χ0n) is 5.50. The molecule has 60 valence electrons. The van der Waals surface area contributed by atoms with Crippen LogP contribution in [0.2, 0.25) is 0 Å². The van der Waals surface area contributed by atoms with Gasteiger partial charge in [0.1, 0.15) is 6.04 Å². The van der Waals surface area contributed by atoms with Gasteiger partial charge in [-0.25, -0.2) is 9.18 Å². The van der Waals surface area contributed by atoms with Crippen LogP contribution in [0.5, 0.6) is 0 Å². The first kappa shape index (κ1) is 7.71. The zero-order valence-corrected chi connectivity index (χ0v) is 5.50. The van der Waals surface area contributed by atoms with Crippen LogP contribution in [0.1, 0.15) is 6.42 Å². The van der Waals surface area contributed by atoms with Crippen molar-refractivity contribution in [2.45, 2.75) is 12.5 Å². The van der Waals surface area contributed by atoms with Crippen LogP contribution < -0.4 is 5.32 Å². The number of carbonyl (C=O) groups is 2. The summed E-state index contributed by atoms with van der Waals surface area (Å²) in [5, 5.41) is 10.5. The van der Waals surface area contributed by atoms with Gasteiger partial charge in [-0.05, 0) is 0 Å². The Labute approximate surface area is 61.7 Å². The minimum Gasteiger partial charge on any atom is -0.480 e. The Kier molecular flexibility index (Phi) is 1.89. The van der Waals surface area contributed by atoms with Gasteiger partial charge in [0.05, 0.1) is 6.33 Å². The quantitative estimate of drug-likeness (QED) is 0.521. The molecule has 2 N–H and O–H groups in total. The van der Waals surface area contributed by atoms with Crippen LogP contribution in [0, 0.1) is 0 Å². The molecule has 1 heterocycles. The number of amides is 1. The highest BCUT2D eigenvalue weighted by atomic mass is 19.1. The third-order valence-electron chi connectivity index (χ3n) is 1.45. The Bertz CT molecular complexity index is 236. The second-order valence-electron chi connectivity index (χ2n) is 2.20. The van der Waals surface area contributed by atoms with Crippen LogP contribution in [0.25, 0.3) is 0 Å². The van der Waals surface area contributed by atoms with Crippen molar-refractivity contribution < 1.29 is 19.1 Å². The maximum atomic E-state index is 11.8. The van der Waals surface area contributed by atoms with E-state index in [1.54, 1.807) is 0 Å². The highest BCUT2D eigenvalue weighted by Gasteiger charge is 2.31. The van der Waals surface area contributed by atoms with Crippen molar-refractivity contribution in [3.05, 3.63) is 11.9 Å². The van der Waals surface area contributed by atoms with E-state index < -0.39 is 17.9 Å². The van der Waals surface area contributed by atoms with Gasteiger partial charge < -0.3 is 10.4 Å². The van der Waals surface area contributed by atoms with E-state index in [1.165, 1.54) is 0 Å². The minimum absolute atomic E-state index is 0.0787. The highest BCUT2D eigenvalue weighted by molar-refractivity contribution is 5.99. The lowest BCUT2D eigenvalue weighted by Crippen LogP contribution is -2.32. The number of hydrogen-bond donors (Lipinski definition) is 2. The van der Waals surface area contributed by atoms with Gasteiger partial charge in [-0.3, -0.25) is 4.79 Å². The highest BCUT2D eigenvalue weighted by Crippen LogP contribution is 2.14. The first-order valence-electron chi connectivity index (χ1n) is 2.98. The summed E-state index contributed by atoms with van der Waals surface area (Å²) in [6, 6.07) is -0.968. The van der Waals surface area contributed by atoms with Crippen LogP contribution in [-0.2, 0) is 9.59 Å². The summed E-state index contributed by atoms with van der Waals surface area (Å²) in [5.41, 5.74) is -0.114. The topological polar surface area (TPSA) is 66.4 Å². The van der Waals surface area contributed by atoms with E-state index in [4.69, 9.17) is 5.11 Å². The molecule has 0 bridgehead atoms. The fourth-order valence-electron chi connectivity index (χ4n) is 0.858. The van der Waals surface area contributed by atoms with Crippen LogP contribution >= 0.6 is 0 Å². The van der Waals surface area contributed by atoms with Crippen molar-refractivity contribution >= 4 is 11.9 Å². The molecular formula is C6H6FNO3. The predicted octanol–water partition coefficient (Wildman–Crippen LogP) is -0.187. The second kappa shape index (κ2) is 2.69. The van der Waals surface area contributed by atoms with Gasteiger partial charge in [0.2, 0.25) is 5.91 Å². The van der Waals surface area contributed by atoms with Crippen LogP contribution in [-0.4, -0.2) is 23.0 Å². The van der Waals surface area contributed by atoms with Gasteiger partial charge in [-0.15, -0.1) is 0 Å². The van der Waals surface area contributed by atoms with E-state index in [-0.39, 0.29) is 18.3 Å². The first-order chi connectivity index (χ1) is 5.15. The summed E-state index contributed by atoms with van der Waals surface area (Å²) in [6.45, 7) is 0. The van der Waals surface area contributed by atoms with E-state index in [2.05, 4.69) is 5.32 Å². The summed E-state index contributed by atoms with van der Waals surface area (Å²) < 4.78 is 11.8. The molecule has 5 heteroatoms. The standard InChI is InChI=1S/C6H6FNO3/c7-2-3-1-4(6(10)11)8-5(3)9/h2,4H,1H2,(H,8,9)(H,10,11)/b3-2+. The zero-order chi connectivity index (χ0) is 8.43. The molecule has 1 amide bonds. The molecule has 11 heavy (non-hydrogen) atoms. The Hall–Kier alpha value is -1.39. The molecule has 1 fully saturated rings. The summed E-state index contributed by atoms with van der Waals surface area (Å²) in [4.78, 5) is 20.9. The van der Waals surface area contributed by atoms with E-state index >= 15 is 0 Å². The van der Waals surface area contributed by atoms with Gasteiger partial charge in [0.15, 0.2) is 0 Å². The molecule has 0 aromatic heterocycles. The summed E-state index contributed by atoms with van der Waals surface area (Å²) in [7, 11) is 0. The summed E-state index contributed by atoms with van der Waals surface area (Å²) in [6.07, 6.45) is 0.0585. The molecule has 0 aromatic rings. The van der Waals surface area contributed by atoms with Crippen LogP contribution in [0.15, 0.2) is 11.9 Å². The molecule has 4 nitrogen and oxygen atoms in total. The first-order valence-corrected chi connectivity index (χ1v) is 2.98. The number of hydrogen-bond acceptors (Lipinski definition) is 2. The molecule has 0 aliphatic carbocycles. The van der Waals surface area contributed by atoms with Crippen molar-refractivity contribution in [3.8, 4) is 0 Å². The van der Waals surface area contributed by atoms with Crippen molar-refractivity contribution in [3.63, 3.8) is 0 Å². The predicted molar refractivity (Wildman–Crippen MR) is 33.4 cm³/mol.